The Balaban J connectivity index is 2.60. The number of methoxy groups -OCH3 is 2. The first kappa shape index (κ1) is 21.9. The van der Waals surface area contributed by atoms with Gasteiger partial charge in [-0.3, -0.25) is 4.79 Å². The van der Waals surface area contributed by atoms with E-state index in [-0.39, 0.29) is 23.1 Å². The second-order valence-electron chi connectivity index (χ2n) is 7.26. The first-order valence-corrected chi connectivity index (χ1v) is 9.63. The molecule has 7 heteroatoms. The van der Waals surface area contributed by atoms with Gasteiger partial charge in [-0.15, -0.1) is 4.91 Å². The summed E-state index contributed by atoms with van der Waals surface area (Å²) < 4.78 is 10.5. The highest BCUT2D eigenvalue weighted by atomic mass is 16.5. The van der Waals surface area contributed by atoms with Gasteiger partial charge in [0, 0.05) is 13.1 Å². The van der Waals surface area contributed by atoms with Crippen molar-refractivity contribution in [2.75, 3.05) is 27.3 Å². The quantitative estimate of drug-likeness (QED) is 0.560. The monoisotopic (exact) mass is 390 g/mol. The topological polar surface area (TPSA) is 88.4 Å². The van der Waals surface area contributed by atoms with Crippen LogP contribution in [0.1, 0.15) is 52.0 Å². The average Bonchev–Trinajstić information content (AvgIpc) is 2.72. The van der Waals surface area contributed by atoms with Crippen molar-refractivity contribution in [2.45, 2.75) is 52.1 Å². The molecule has 0 aromatic heterocycles. The van der Waals surface area contributed by atoms with Crippen molar-refractivity contribution < 1.29 is 19.4 Å². The number of likely N-dealkylation sites (tertiary alicyclic amines) is 1. The zero-order valence-corrected chi connectivity index (χ0v) is 17.4. The van der Waals surface area contributed by atoms with Crippen molar-refractivity contribution in [3.63, 3.8) is 0 Å². The van der Waals surface area contributed by atoms with Crippen molar-refractivity contribution in [3.05, 3.63) is 33.7 Å². The van der Waals surface area contributed by atoms with Crippen LogP contribution < -0.4 is 9.47 Å². The Hall–Kier alpha value is -2.41. The highest BCUT2D eigenvalue weighted by Gasteiger charge is 2.38. The molecule has 1 aromatic rings. The van der Waals surface area contributed by atoms with Crippen LogP contribution in [0.25, 0.3) is 0 Å². The molecule has 1 N–H and O–H groups in total. The van der Waals surface area contributed by atoms with Gasteiger partial charge < -0.3 is 19.5 Å². The molecule has 28 heavy (non-hydrogen) atoms. The standard InChI is InChI=1S/C21H30N2O5/c1-6-14(2)18(20(24)23-10-8-7-9-11-23)21(3,25)15-12-16(22-26)19(28-5)17(13-15)27-4/h12-13,25H,6-11H2,1-5H3/b18-14+. The number of allylic oxidation sites excluding steroid dienone is 1. The van der Waals surface area contributed by atoms with E-state index < -0.39 is 5.60 Å². The van der Waals surface area contributed by atoms with Gasteiger partial charge in [0.25, 0.3) is 5.91 Å². The maximum Gasteiger partial charge on any atom is 0.252 e. The van der Waals surface area contributed by atoms with Crippen molar-refractivity contribution in [3.8, 4) is 11.5 Å². The Morgan fingerprint density at radius 2 is 1.86 bits per heavy atom. The molecule has 1 heterocycles. The molecule has 2 rings (SSSR count). The van der Waals surface area contributed by atoms with E-state index in [0.29, 0.717) is 30.6 Å². The van der Waals surface area contributed by atoms with Gasteiger partial charge in [0.15, 0.2) is 17.2 Å². The normalized spacial score (nSPS) is 17.4. The number of aliphatic hydroxyl groups is 1. The zero-order valence-electron chi connectivity index (χ0n) is 17.4. The van der Waals surface area contributed by atoms with Crippen LogP contribution in [-0.4, -0.2) is 43.2 Å². The van der Waals surface area contributed by atoms with Gasteiger partial charge in [0.2, 0.25) is 0 Å². The summed E-state index contributed by atoms with van der Waals surface area (Å²) in [6.45, 7) is 6.73. The summed E-state index contributed by atoms with van der Waals surface area (Å²) in [5, 5.41) is 14.5. The summed E-state index contributed by atoms with van der Waals surface area (Å²) in [7, 11) is 2.86. The second-order valence-corrected chi connectivity index (χ2v) is 7.26. The van der Waals surface area contributed by atoms with Crippen molar-refractivity contribution in [1.82, 2.24) is 4.90 Å². The Bertz CT molecular complexity index is 764. The number of nitroso groups, excluding NO2 is 1. The zero-order chi connectivity index (χ0) is 20.9. The van der Waals surface area contributed by atoms with Gasteiger partial charge in [0.1, 0.15) is 5.60 Å². The maximum absolute atomic E-state index is 13.3. The molecule has 7 nitrogen and oxygen atoms in total. The van der Waals surface area contributed by atoms with Crippen molar-refractivity contribution in [1.29, 1.82) is 0 Å². The van der Waals surface area contributed by atoms with Crippen LogP contribution >= 0.6 is 0 Å². The van der Waals surface area contributed by atoms with E-state index >= 15 is 0 Å². The van der Waals surface area contributed by atoms with Crippen molar-refractivity contribution in [2.24, 2.45) is 5.18 Å². The van der Waals surface area contributed by atoms with Crippen LogP contribution in [0, 0.1) is 4.91 Å². The Morgan fingerprint density at radius 1 is 1.21 bits per heavy atom. The molecule has 1 aliphatic heterocycles. The molecule has 0 aliphatic carbocycles. The number of carbonyl (C=O) groups excluding carboxylic acids is 1. The van der Waals surface area contributed by atoms with Crippen LogP contribution in [0.15, 0.2) is 28.5 Å². The van der Waals surface area contributed by atoms with Gasteiger partial charge in [-0.25, -0.2) is 0 Å². The average molecular weight is 390 g/mol. The second kappa shape index (κ2) is 9.19. The molecule has 0 radical (unpaired) electrons. The van der Waals surface area contributed by atoms with E-state index in [1.54, 1.807) is 17.9 Å². The summed E-state index contributed by atoms with van der Waals surface area (Å²) >= 11 is 0. The number of nitrogens with zero attached hydrogens (tertiary/aromatic N) is 2. The minimum absolute atomic E-state index is 0.0102. The minimum atomic E-state index is -1.62. The molecule has 1 aliphatic rings. The van der Waals surface area contributed by atoms with E-state index in [1.165, 1.54) is 20.3 Å². The fourth-order valence-corrected chi connectivity index (χ4v) is 3.68. The van der Waals surface area contributed by atoms with Gasteiger partial charge >= 0.3 is 0 Å². The summed E-state index contributed by atoms with van der Waals surface area (Å²) in [6, 6.07) is 3.03. The van der Waals surface area contributed by atoms with Crippen LogP contribution in [0.4, 0.5) is 5.69 Å². The smallest absolute Gasteiger partial charge is 0.252 e. The highest BCUT2D eigenvalue weighted by molar-refractivity contribution is 5.96. The van der Waals surface area contributed by atoms with Crippen LogP contribution in [0.5, 0.6) is 11.5 Å². The highest BCUT2D eigenvalue weighted by Crippen LogP contribution is 2.43. The number of hydrogen-bond acceptors (Lipinski definition) is 6. The van der Waals surface area contributed by atoms with Gasteiger partial charge in [-0.2, -0.15) is 0 Å². The molecule has 0 bridgehead atoms. The first-order chi connectivity index (χ1) is 13.3. The molecule has 0 saturated carbocycles. The number of rotatable bonds is 7. The molecular formula is C21H30N2O5. The van der Waals surface area contributed by atoms with Gasteiger partial charge in [0.05, 0.1) is 19.8 Å². The Morgan fingerprint density at radius 3 is 2.36 bits per heavy atom. The molecule has 154 valence electrons. The molecule has 1 saturated heterocycles. The first-order valence-electron chi connectivity index (χ1n) is 9.63. The number of ether oxygens (including phenoxy) is 2. The fourth-order valence-electron chi connectivity index (χ4n) is 3.68. The summed E-state index contributed by atoms with van der Waals surface area (Å²) in [5.41, 5.74) is -0.117. The lowest BCUT2D eigenvalue weighted by Crippen LogP contribution is -2.42. The number of piperidine rings is 1. The summed E-state index contributed by atoms with van der Waals surface area (Å²) in [4.78, 5) is 26.4. The molecule has 1 atom stereocenters. The number of amides is 1. The summed E-state index contributed by atoms with van der Waals surface area (Å²) in [6.07, 6.45) is 3.65. The Kier molecular flexibility index (Phi) is 7.18. The van der Waals surface area contributed by atoms with E-state index in [4.69, 9.17) is 9.47 Å². The third-order valence-corrected chi connectivity index (χ3v) is 5.42. The van der Waals surface area contributed by atoms with Crippen LogP contribution in [-0.2, 0) is 10.4 Å². The molecule has 1 amide bonds. The van der Waals surface area contributed by atoms with E-state index in [1.807, 2.05) is 13.8 Å². The SMILES string of the molecule is CC/C(C)=C(\C(=O)N1CCCCC1)C(C)(O)c1cc(N=O)c(OC)c(OC)c1. The third kappa shape index (κ3) is 4.19. The predicted octanol–water partition coefficient (Wildman–Crippen LogP) is 4.05. The number of carbonyl (C=O) groups is 1. The maximum atomic E-state index is 13.3. The third-order valence-electron chi connectivity index (χ3n) is 5.42. The minimum Gasteiger partial charge on any atom is -0.493 e. The van der Waals surface area contributed by atoms with E-state index in [0.717, 1.165) is 24.8 Å². The lowest BCUT2D eigenvalue weighted by molar-refractivity contribution is -0.130. The summed E-state index contributed by atoms with van der Waals surface area (Å²) in [5.74, 6) is 0.297. The lowest BCUT2D eigenvalue weighted by Gasteiger charge is -2.34. The van der Waals surface area contributed by atoms with Crippen LogP contribution in [0.2, 0.25) is 0 Å². The molecule has 0 spiro atoms. The fraction of sp³-hybridized carbons (Fsp3) is 0.571. The molecular weight excluding hydrogens is 360 g/mol. The largest absolute Gasteiger partial charge is 0.493 e. The Labute approximate surface area is 166 Å². The van der Waals surface area contributed by atoms with Gasteiger partial charge in [-0.1, -0.05) is 12.5 Å². The van der Waals surface area contributed by atoms with Crippen molar-refractivity contribution >= 4 is 11.6 Å². The molecule has 1 unspecified atom stereocenters. The number of benzene rings is 1. The van der Waals surface area contributed by atoms with Gasteiger partial charge in [-0.05, 0) is 62.4 Å². The number of hydrogen-bond donors (Lipinski definition) is 1. The molecule has 1 fully saturated rings. The lowest BCUT2D eigenvalue weighted by atomic mass is 9.83. The van der Waals surface area contributed by atoms with E-state index in [2.05, 4.69) is 5.18 Å². The predicted molar refractivity (Wildman–Crippen MR) is 108 cm³/mol. The molecule has 1 aromatic carbocycles. The van der Waals surface area contributed by atoms with E-state index in [9.17, 15) is 14.8 Å². The van der Waals surface area contributed by atoms with Crippen LogP contribution in [0.3, 0.4) is 0 Å².